The first kappa shape index (κ1) is 10.7. The molecule has 1 heterocycles. The van der Waals surface area contributed by atoms with E-state index in [0.717, 1.165) is 16.6 Å². The van der Waals surface area contributed by atoms with Gasteiger partial charge in [-0.1, -0.05) is 42.5 Å². The lowest BCUT2D eigenvalue weighted by Gasteiger charge is -1.97. The summed E-state index contributed by atoms with van der Waals surface area (Å²) in [7, 11) is 0. The molecule has 0 amide bonds. The van der Waals surface area contributed by atoms with Crippen LogP contribution in [0.2, 0.25) is 0 Å². The van der Waals surface area contributed by atoms with Crippen molar-refractivity contribution in [3.05, 3.63) is 66.0 Å². The number of imidazole rings is 1. The molecule has 0 saturated heterocycles. The number of fused-ring (bicyclic) bond motifs is 1. The van der Waals surface area contributed by atoms with Crippen LogP contribution >= 0.6 is 0 Å². The van der Waals surface area contributed by atoms with Crippen LogP contribution in [0.25, 0.3) is 11.0 Å². The normalized spacial score (nSPS) is 10.7. The van der Waals surface area contributed by atoms with Gasteiger partial charge in [-0.25, -0.2) is 4.98 Å². The number of H-pyrrole nitrogens is 1. The van der Waals surface area contributed by atoms with Gasteiger partial charge in [-0.15, -0.1) is 0 Å². The van der Waals surface area contributed by atoms with Crippen LogP contribution in [0.4, 0.5) is 0 Å². The maximum Gasteiger partial charge on any atom is 0.202 e. The number of para-hydroxylation sites is 2. The predicted octanol–water partition coefficient (Wildman–Crippen LogP) is 2.99. The molecule has 3 rings (SSSR count). The lowest BCUT2D eigenvalue weighted by atomic mass is 10.1. The predicted molar refractivity (Wildman–Crippen MR) is 70.6 cm³/mol. The molecule has 0 unspecified atom stereocenters. The first-order valence-corrected chi connectivity index (χ1v) is 5.85. The number of Topliss-reactive ketones (excluding diaryl/α,β-unsaturated/α-hetero) is 1. The summed E-state index contributed by atoms with van der Waals surface area (Å²) in [6.45, 7) is 0. The second kappa shape index (κ2) is 4.45. The quantitative estimate of drug-likeness (QED) is 0.710. The van der Waals surface area contributed by atoms with Gasteiger partial charge < -0.3 is 4.98 Å². The summed E-state index contributed by atoms with van der Waals surface area (Å²) in [4.78, 5) is 19.4. The van der Waals surface area contributed by atoms with E-state index < -0.39 is 0 Å². The van der Waals surface area contributed by atoms with Crippen LogP contribution in [0.3, 0.4) is 0 Å². The van der Waals surface area contributed by atoms with Crippen LogP contribution in [0.5, 0.6) is 0 Å². The van der Waals surface area contributed by atoms with Crippen molar-refractivity contribution >= 4 is 16.8 Å². The van der Waals surface area contributed by atoms with Gasteiger partial charge in [0.1, 0.15) is 0 Å². The van der Waals surface area contributed by atoms with E-state index in [-0.39, 0.29) is 5.78 Å². The van der Waals surface area contributed by atoms with Crippen LogP contribution < -0.4 is 0 Å². The van der Waals surface area contributed by atoms with Gasteiger partial charge in [-0.3, -0.25) is 4.79 Å². The highest BCUT2D eigenvalue weighted by Gasteiger charge is 2.11. The number of nitrogens with zero attached hydrogens (tertiary/aromatic N) is 1. The van der Waals surface area contributed by atoms with Crippen LogP contribution in [-0.4, -0.2) is 15.8 Å². The van der Waals surface area contributed by atoms with E-state index in [2.05, 4.69) is 9.97 Å². The Bertz CT molecular complexity index is 653. The summed E-state index contributed by atoms with van der Waals surface area (Å²) in [5.74, 6) is 0.442. The third-order valence-electron chi connectivity index (χ3n) is 2.86. The van der Waals surface area contributed by atoms with Crippen molar-refractivity contribution in [2.75, 3.05) is 0 Å². The number of nitrogens with one attached hydrogen (secondary N) is 1. The number of benzene rings is 2. The van der Waals surface area contributed by atoms with E-state index in [1.807, 2.05) is 54.6 Å². The van der Waals surface area contributed by atoms with Gasteiger partial charge in [0.05, 0.1) is 11.0 Å². The largest absolute Gasteiger partial charge is 0.335 e. The summed E-state index contributed by atoms with van der Waals surface area (Å²) in [5, 5.41) is 0. The van der Waals surface area contributed by atoms with Gasteiger partial charge in [-0.05, 0) is 17.7 Å². The minimum atomic E-state index is 0.0115. The van der Waals surface area contributed by atoms with Crippen molar-refractivity contribution < 1.29 is 4.79 Å². The molecule has 3 aromatic rings. The Morgan fingerprint density at radius 1 is 1.00 bits per heavy atom. The Labute approximate surface area is 104 Å². The molecule has 0 radical (unpaired) electrons. The molecular weight excluding hydrogens is 224 g/mol. The summed E-state index contributed by atoms with van der Waals surface area (Å²) in [6, 6.07) is 17.3. The van der Waals surface area contributed by atoms with Gasteiger partial charge in [0.2, 0.25) is 5.78 Å². The smallest absolute Gasteiger partial charge is 0.202 e. The molecule has 0 aliphatic carbocycles. The molecular formula is C15H12N2O. The van der Waals surface area contributed by atoms with Crippen molar-refractivity contribution in [1.29, 1.82) is 0 Å². The van der Waals surface area contributed by atoms with Crippen LogP contribution in [-0.2, 0) is 6.42 Å². The molecule has 88 valence electrons. The Hall–Kier alpha value is -2.42. The fraction of sp³-hybridized carbons (Fsp3) is 0.0667. The molecule has 0 fully saturated rings. The second-order valence-electron chi connectivity index (χ2n) is 4.19. The van der Waals surface area contributed by atoms with E-state index >= 15 is 0 Å². The monoisotopic (exact) mass is 236 g/mol. The zero-order valence-corrected chi connectivity index (χ0v) is 9.76. The highest BCUT2D eigenvalue weighted by molar-refractivity contribution is 5.97. The maximum absolute atomic E-state index is 12.1. The van der Waals surface area contributed by atoms with Crippen molar-refractivity contribution in [3.8, 4) is 0 Å². The number of carbonyl (C=O) groups excluding carboxylic acids is 1. The number of aromatic amines is 1. The lowest BCUT2D eigenvalue weighted by molar-refractivity contribution is 0.0984. The Morgan fingerprint density at radius 3 is 2.50 bits per heavy atom. The standard InChI is InChI=1S/C15H12N2O/c18-14(10-11-6-2-1-3-7-11)15-16-12-8-4-5-9-13(12)17-15/h1-9H,10H2,(H,16,17). The average molecular weight is 236 g/mol. The first-order chi connectivity index (χ1) is 8.83. The highest BCUT2D eigenvalue weighted by atomic mass is 16.1. The molecule has 3 nitrogen and oxygen atoms in total. The zero-order valence-electron chi connectivity index (χ0n) is 9.76. The average Bonchev–Trinajstić information content (AvgIpc) is 2.84. The molecule has 0 aliphatic heterocycles. The number of ketones is 1. The molecule has 18 heavy (non-hydrogen) atoms. The second-order valence-corrected chi connectivity index (χ2v) is 4.19. The fourth-order valence-electron chi connectivity index (χ4n) is 1.95. The molecule has 0 spiro atoms. The zero-order chi connectivity index (χ0) is 12.4. The summed E-state index contributed by atoms with van der Waals surface area (Å²) in [5.41, 5.74) is 2.73. The fourth-order valence-corrected chi connectivity index (χ4v) is 1.95. The van der Waals surface area contributed by atoms with Gasteiger partial charge in [-0.2, -0.15) is 0 Å². The van der Waals surface area contributed by atoms with Crippen molar-refractivity contribution in [1.82, 2.24) is 9.97 Å². The number of hydrogen-bond acceptors (Lipinski definition) is 2. The van der Waals surface area contributed by atoms with Crippen molar-refractivity contribution in [2.24, 2.45) is 0 Å². The minimum absolute atomic E-state index is 0.0115. The lowest BCUT2D eigenvalue weighted by Crippen LogP contribution is -2.05. The molecule has 0 saturated carbocycles. The van der Waals surface area contributed by atoms with Crippen molar-refractivity contribution in [2.45, 2.75) is 6.42 Å². The van der Waals surface area contributed by atoms with Crippen LogP contribution in [0.1, 0.15) is 16.2 Å². The molecule has 0 atom stereocenters. The number of aromatic nitrogens is 2. The number of rotatable bonds is 3. The molecule has 2 aromatic carbocycles. The van der Waals surface area contributed by atoms with Gasteiger partial charge in [0.15, 0.2) is 5.82 Å². The third-order valence-corrected chi connectivity index (χ3v) is 2.86. The summed E-state index contributed by atoms with van der Waals surface area (Å²) in [6.07, 6.45) is 0.376. The van der Waals surface area contributed by atoms with E-state index in [4.69, 9.17) is 0 Å². The highest BCUT2D eigenvalue weighted by Crippen LogP contribution is 2.12. The molecule has 3 heteroatoms. The Morgan fingerprint density at radius 2 is 1.72 bits per heavy atom. The third kappa shape index (κ3) is 2.02. The summed E-state index contributed by atoms with van der Waals surface area (Å²) >= 11 is 0. The Balaban J connectivity index is 1.88. The van der Waals surface area contributed by atoms with Gasteiger partial charge >= 0.3 is 0 Å². The topological polar surface area (TPSA) is 45.8 Å². The molecule has 1 N–H and O–H groups in total. The van der Waals surface area contributed by atoms with E-state index in [9.17, 15) is 4.79 Å². The Kier molecular flexibility index (Phi) is 2.65. The van der Waals surface area contributed by atoms with Crippen molar-refractivity contribution in [3.63, 3.8) is 0 Å². The van der Waals surface area contributed by atoms with Crippen LogP contribution in [0, 0.1) is 0 Å². The summed E-state index contributed by atoms with van der Waals surface area (Å²) < 4.78 is 0. The van der Waals surface area contributed by atoms with Gasteiger partial charge in [0.25, 0.3) is 0 Å². The van der Waals surface area contributed by atoms with E-state index in [1.165, 1.54) is 0 Å². The first-order valence-electron chi connectivity index (χ1n) is 5.85. The minimum Gasteiger partial charge on any atom is -0.335 e. The van der Waals surface area contributed by atoms with Gasteiger partial charge in [0, 0.05) is 6.42 Å². The number of hydrogen-bond donors (Lipinski definition) is 1. The SMILES string of the molecule is O=C(Cc1ccccc1)c1nc2ccccc2[nH]1. The molecule has 1 aromatic heterocycles. The van der Waals surface area contributed by atoms with E-state index in [1.54, 1.807) is 0 Å². The molecule has 0 bridgehead atoms. The van der Waals surface area contributed by atoms with E-state index in [0.29, 0.717) is 12.2 Å². The molecule has 0 aliphatic rings. The maximum atomic E-state index is 12.1. The van der Waals surface area contributed by atoms with Crippen LogP contribution in [0.15, 0.2) is 54.6 Å². The number of carbonyl (C=O) groups is 1.